The summed E-state index contributed by atoms with van der Waals surface area (Å²) in [4.78, 5) is 33.7. The number of phosphoric acid groups is 1. The maximum atomic E-state index is 12.7. The zero-order chi connectivity index (χ0) is 47.6. The minimum absolute atomic E-state index is 0.00417. The third-order valence-electron chi connectivity index (χ3n) is 10.3. The molecule has 372 valence electrons. The Kier molecular flexibility index (Phi) is 46.5. The molecule has 0 rings (SSSR count). The molecule has 11 heteroatoms. The molecule has 0 saturated carbocycles. The molecule has 0 aromatic carbocycles. The third-order valence-corrected chi connectivity index (χ3v) is 11.3. The lowest BCUT2D eigenvalue weighted by Gasteiger charge is -2.20. The molecule has 0 fully saturated rings. The van der Waals surface area contributed by atoms with Gasteiger partial charge in [0.25, 0.3) is 0 Å². The van der Waals surface area contributed by atoms with Gasteiger partial charge in [-0.1, -0.05) is 188 Å². The van der Waals surface area contributed by atoms with E-state index in [2.05, 4.69) is 111 Å². The van der Waals surface area contributed by atoms with Gasteiger partial charge < -0.3 is 25.2 Å². The van der Waals surface area contributed by atoms with Crippen LogP contribution < -0.4 is 5.73 Å². The van der Waals surface area contributed by atoms with Crippen LogP contribution in [0.2, 0.25) is 0 Å². The Hall–Kier alpha value is -3.11. The number of rotatable bonds is 47. The Bertz CT molecular complexity index is 1400. The smallest absolute Gasteiger partial charge is 0.472 e. The number of allylic oxidation sites excluding steroid dienone is 16. The van der Waals surface area contributed by atoms with E-state index in [0.29, 0.717) is 13.0 Å². The molecule has 0 bridgehead atoms. The predicted octanol–water partition coefficient (Wildman–Crippen LogP) is 14.9. The van der Waals surface area contributed by atoms with Crippen molar-refractivity contribution in [3.05, 3.63) is 97.2 Å². The van der Waals surface area contributed by atoms with Crippen molar-refractivity contribution in [1.82, 2.24) is 0 Å². The summed E-state index contributed by atoms with van der Waals surface area (Å²) in [5, 5.41) is 8.93. The third kappa shape index (κ3) is 48.6. The summed E-state index contributed by atoms with van der Waals surface area (Å²) in [6.07, 6.45) is 64.6. The summed E-state index contributed by atoms with van der Waals surface area (Å²) < 4.78 is 33.5. The van der Waals surface area contributed by atoms with E-state index >= 15 is 0 Å². The molecule has 4 N–H and O–H groups in total. The molecule has 3 unspecified atom stereocenters. The SMILES string of the molecule is CC/C=C\C/C=C\C/C=C\C/C=C\C/C=C\CCCCCCCC(=O)OC(COCCCCCCCCC/C=C\C/C=C\C/C=C\CCCCCCC)COP(=O)(O)OCC(N)C(=O)O. The van der Waals surface area contributed by atoms with Gasteiger partial charge in [-0.25, -0.2) is 4.57 Å². The number of esters is 1. The highest BCUT2D eigenvalue weighted by Crippen LogP contribution is 2.43. The van der Waals surface area contributed by atoms with Crippen LogP contribution in [-0.2, 0) is 32.7 Å². The summed E-state index contributed by atoms with van der Waals surface area (Å²) in [5.41, 5.74) is 5.37. The summed E-state index contributed by atoms with van der Waals surface area (Å²) in [6.45, 7) is 3.70. The lowest BCUT2D eigenvalue weighted by atomic mass is 10.1. The number of carboxylic acid groups (broad SMARTS) is 1. The molecule has 0 heterocycles. The maximum Gasteiger partial charge on any atom is 0.472 e. The fourth-order valence-corrected chi connectivity index (χ4v) is 7.24. The van der Waals surface area contributed by atoms with Gasteiger partial charge in [0.2, 0.25) is 0 Å². The number of carbonyl (C=O) groups excluding carboxylic acids is 1. The van der Waals surface area contributed by atoms with Crippen molar-refractivity contribution in [3.63, 3.8) is 0 Å². The van der Waals surface area contributed by atoms with Gasteiger partial charge in [0.1, 0.15) is 12.1 Å². The highest BCUT2D eigenvalue weighted by Gasteiger charge is 2.27. The Morgan fingerprint density at radius 2 is 0.892 bits per heavy atom. The van der Waals surface area contributed by atoms with Crippen molar-refractivity contribution in [2.75, 3.05) is 26.4 Å². The first kappa shape index (κ1) is 61.9. The first-order valence-electron chi connectivity index (χ1n) is 25.3. The molecule has 0 spiro atoms. The van der Waals surface area contributed by atoms with Crippen molar-refractivity contribution in [2.24, 2.45) is 5.73 Å². The van der Waals surface area contributed by atoms with Crippen molar-refractivity contribution >= 4 is 19.8 Å². The van der Waals surface area contributed by atoms with Crippen LogP contribution >= 0.6 is 7.82 Å². The molecule has 0 aliphatic rings. The van der Waals surface area contributed by atoms with E-state index in [1.807, 2.05) is 0 Å². The predicted molar refractivity (Wildman–Crippen MR) is 272 cm³/mol. The van der Waals surface area contributed by atoms with Crippen LogP contribution in [0, 0.1) is 0 Å². The maximum absolute atomic E-state index is 12.7. The van der Waals surface area contributed by atoms with Crippen molar-refractivity contribution in [1.29, 1.82) is 0 Å². The average molecular weight is 930 g/mol. The average Bonchev–Trinajstić information content (AvgIpc) is 3.29. The second-order valence-electron chi connectivity index (χ2n) is 16.6. The van der Waals surface area contributed by atoms with Crippen LogP contribution in [0.4, 0.5) is 0 Å². The fourth-order valence-electron chi connectivity index (χ4n) is 6.46. The number of aliphatic carboxylic acids is 1. The van der Waals surface area contributed by atoms with E-state index in [1.54, 1.807) is 0 Å². The van der Waals surface area contributed by atoms with Crippen LogP contribution in [0.3, 0.4) is 0 Å². The molecule has 0 aliphatic heterocycles. The van der Waals surface area contributed by atoms with E-state index in [9.17, 15) is 19.0 Å². The monoisotopic (exact) mass is 930 g/mol. The number of carboxylic acids is 1. The van der Waals surface area contributed by atoms with E-state index < -0.39 is 45.1 Å². The van der Waals surface area contributed by atoms with Crippen LogP contribution in [0.1, 0.15) is 194 Å². The molecule has 65 heavy (non-hydrogen) atoms. The Balaban J connectivity index is 4.25. The largest absolute Gasteiger partial charge is 0.480 e. The minimum atomic E-state index is -4.64. The summed E-state index contributed by atoms with van der Waals surface area (Å²) in [7, 11) is -4.64. The van der Waals surface area contributed by atoms with Crippen LogP contribution in [0.15, 0.2) is 97.2 Å². The number of unbranched alkanes of at least 4 members (excludes halogenated alkanes) is 17. The number of hydrogen-bond acceptors (Lipinski definition) is 8. The van der Waals surface area contributed by atoms with Gasteiger partial charge in [-0.2, -0.15) is 0 Å². The van der Waals surface area contributed by atoms with Gasteiger partial charge in [0, 0.05) is 13.0 Å². The second-order valence-corrected chi connectivity index (χ2v) is 18.0. The van der Waals surface area contributed by atoms with Crippen molar-refractivity contribution < 1.29 is 42.7 Å². The Morgan fingerprint density at radius 3 is 1.34 bits per heavy atom. The summed E-state index contributed by atoms with van der Waals surface area (Å²) >= 11 is 0. The zero-order valence-corrected chi connectivity index (χ0v) is 41.7. The van der Waals surface area contributed by atoms with Crippen LogP contribution in [-0.4, -0.2) is 60.5 Å². The van der Waals surface area contributed by atoms with Gasteiger partial charge >= 0.3 is 19.8 Å². The number of ether oxygens (including phenoxy) is 2. The number of nitrogens with two attached hydrogens (primary N) is 1. The van der Waals surface area contributed by atoms with Gasteiger partial charge in [-0.3, -0.25) is 18.6 Å². The van der Waals surface area contributed by atoms with Gasteiger partial charge in [-0.15, -0.1) is 0 Å². The van der Waals surface area contributed by atoms with E-state index in [-0.39, 0.29) is 13.0 Å². The van der Waals surface area contributed by atoms with Crippen LogP contribution in [0.25, 0.3) is 0 Å². The highest BCUT2D eigenvalue weighted by molar-refractivity contribution is 7.47. The molecule has 0 radical (unpaired) electrons. The Morgan fingerprint density at radius 1 is 0.508 bits per heavy atom. The molecular weight excluding hydrogens is 838 g/mol. The topological polar surface area (TPSA) is 155 Å². The normalized spacial score (nSPS) is 14.5. The number of phosphoric ester groups is 1. The zero-order valence-electron chi connectivity index (χ0n) is 40.8. The van der Waals surface area contributed by atoms with Crippen molar-refractivity contribution in [2.45, 2.75) is 206 Å². The summed E-state index contributed by atoms with van der Waals surface area (Å²) in [6, 6.07) is -1.48. The first-order chi connectivity index (χ1) is 31.7. The minimum Gasteiger partial charge on any atom is -0.480 e. The summed E-state index contributed by atoms with van der Waals surface area (Å²) in [5.74, 6) is -1.81. The highest BCUT2D eigenvalue weighted by atomic mass is 31.2. The standard InChI is InChI=1S/C54H92NO9P/c1-3-5-7-9-11-13-15-17-19-21-23-25-27-29-31-33-35-37-39-41-43-45-47-61-48-51(49-62-65(59,60)63-50-52(55)54(57)58)64-53(56)46-44-42-40-38-36-34-32-30-28-26-24-22-20-18-16-14-12-10-8-6-4-2/h6,8,12,14-15,17-18,20-21,23-24,26-27,29-30,32,51-52H,3-5,7,9-11,13,16,19,22,25,28,31,33-50,55H2,1-2H3,(H,57,58)(H,59,60)/b8-6-,14-12-,17-15-,20-18-,23-21-,26-24-,29-27-,32-30-. The molecule has 0 aliphatic carbocycles. The number of hydrogen-bond donors (Lipinski definition) is 3. The molecule has 0 amide bonds. The van der Waals surface area contributed by atoms with Gasteiger partial charge in [-0.05, 0) is 96.3 Å². The molecule has 0 saturated heterocycles. The Labute approximate surface area is 396 Å². The molecular formula is C54H92NO9P. The van der Waals surface area contributed by atoms with E-state index in [0.717, 1.165) is 103 Å². The molecule has 0 aromatic heterocycles. The number of carbonyl (C=O) groups is 2. The van der Waals surface area contributed by atoms with E-state index in [1.165, 1.54) is 64.2 Å². The second kappa shape index (κ2) is 48.8. The van der Waals surface area contributed by atoms with E-state index in [4.69, 9.17) is 29.4 Å². The quantitative estimate of drug-likeness (QED) is 0.0232. The van der Waals surface area contributed by atoms with Crippen LogP contribution in [0.5, 0.6) is 0 Å². The first-order valence-corrected chi connectivity index (χ1v) is 26.8. The molecule has 3 atom stereocenters. The molecule has 0 aromatic rings. The fraction of sp³-hybridized carbons (Fsp3) is 0.667. The lowest BCUT2D eigenvalue weighted by molar-refractivity contribution is -0.154. The van der Waals surface area contributed by atoms with Gasteiger partial charge in [0.05, 0.1) is 19.8 Å². The van der Waals surface area contributed by atoms with Crippen molar-refractivity contribution in [3.8, 4) is 0 Å². The lowest BCUT2D eigenvalue weighted by Crippen LogP contribution is -2.34. The van der Waals surface area contributed by atoms with Gasteiger partial charge in [0.15, 0.2) is 0 Å². The molecule has 10 nitrogen and oxygen atoms in total.